The van der Waals surface area contributed by atoms with Crippen LogP contribution in [0.4, 0.5) is 0 Å². The molecule has 0 fully saturated rings. The third-order valence-electron chi connectivity index (χ3n) is 9.97. The van der Waals surface area contributed by atoms with Gasteiger partial charge in [0.1, 0.15) is 0 Å². The van der Waals surface area contributed by atoms with Gasteiger partial charge in [-0.1, -0.05) is 164 Å². The number of fused-ring (bicyclic) bond motifs is 4. The van der Waals surface area contributed by atoms with Crippen molar-refractivity contribution in [2.24, 2.45) is 0 Å². The lowest BCUT2D eigenvalue weighted by Gasteiger charge is -2.15. The Labute approximate surface area is 311 Å². The Morgan fingerprint density at radius 3 is 1.47 bits per heavy atom. The number of hydrogen-bond acceptors (Lipinski definition) is 4. The Morgan fingerprint density at radius 1 is 0.264 bits per heavy atom. The molecule has 248 valence electrons. The summed E-state index contributed by atoms with van der Waals surface area (Å²) in [5, 5.41) is 4.87. The molecule has 0 aliphatic rings. The number of thiophene rings is 1. The molecule has 0 N–H and O–H groups in total. The second-order valence-corrected chi connectivity index (χ2v) is 14.3. The molecule has 0 aliphatic carbocycles. The lowest BCUT2D eigenvalue weighted by Crippen LogP contribution is -2.01. The van der Waals surface area contributed by atoms with Gasteiger partial charge in [-0.25, -0.2) is 15.0 Å². The van der Waals surface area contributed by atoms with Crippen molar-refractivity contribution in [1.29, 1.82) is 0 Å². The van der Waals surface area contributed by atoms with E-state index < -0.39 is 0 Å². The SMILES string of the molecule is c1ccc(-c2nc(-c3ccc(-c4ccccc4)c(-c4ccccc4)c3)nc(-c3ccc(-c4ccc5c(c4)sc4ccccc45)c4ccccc34)n2)cc1. The van der Waals surface area contributed by atoms with Crippen molar-refractivity contribution < 1.29 is 0 Å². The molecule has 0 spiro atoms. The van der Waals surface area contributed by atoms with Crippen molar-refractivity contribution in [2.45, 2.75) is 0 Å². The molecular weight excluding hydrogens is 663 g/mol. The highest BCUT2D eigenvalue weighted by molar-refractivity contribution is 7.25. The van der Waals surface area contributed by atoms with Gasteiger partial charge < -0.3 is 0 Å². The standard InChI is InChI=1S/C49H31N3S/c1-4-14-32(15-5-1)37-26-25-36(30-44(37)33-16-6-2-7-17-33)48-50-47(34-18-8-3-9-19-34)51-49(52-48)43-29-28-38(39-20-10-11-21-40(39)43)35-24-27-42-41-22-12-13-23-45(41)53-46(42)31-35/h1-31H. The summed E-state index contributed by atoms with van der Waals surface area (Å²) in [6.07, 6.45) is 0. The van der Waals surface area contributed by atoms with E-state index in [0.717, 1.165) is 49.7 Å². The lowest BCUT2D eigenvalue weighted by atomic mass is 9.92. The Bertz CT molecular complexity index is 2940. The summed E-state index contributed by atoms with van der Waals surface area (Å²) in [6, 6.07) is 66.3. The van der Waals surface area contributed by atoms with E-state index in [0.29, 0.717) is 17.5 Å². The van der Waals surface area contributed by atoms with E-state index >= 15 is 0 Å². The normalized spacial score (nSPS) is 11.4. The van der Waals surface area contributed by atoms with Crippen LogP contribution in [0.5, 0.6) is 0 Å². The zero-order valence-corrected chi connectivity index (χ0v) is 29.5. The molecule has 3 nitrogen and oxygen atoms in total. The van der Waals surface area contributed by atoms with Gasteiger partial charge in [0.05, 0.1) is 0 Å². The molecule has 53 heavy (non-hydrogen) atoms. The van der Waals surface area contributed by atoms with Crippen LogP contribution in [0, 0.1) is 0 Å². The predicted molar refractivity (Wildman–Crippen MR) is 223 cm³/mol. The van der Waals surface area contributed by atoms with Gasteiger partial charge >= 0.3 is 0 Å². The van der Waals surface area contributed by atoms with Gasteiger partial charge in [-0.3, -0.25) is 0 Å². The number of rotatable bonds is 6. The topological polar surface area (TPSA) is 38.7 Å². The largest absolute Gasteiger partial charge is 0.208 e. The number of hydrogen-bond donors (Lipinski definition) is 0. The van der Waals surface area contributed by atoms with Gasteiger partial charge in [-0.05, 0) is 68.4 Å². The Balaban J connectivity index is 1.15. The maximum absolute atomic E-state index is 5.23. The van der Waals surface area contributed by atoms with Gasteiger partial charge in [0.15, 0.2) is 17.5 Å². The molecule has 0 bridgehead atoms. The Kier molecular flexibility index (Phi) is 7.67. The predicted octanol–water partition coefficient (Wildman–Crippen LogP) is 13.4. The first-order valence-corrected chi connectivity index (χ1v) is 18.6. The van der Waals surface area contributed by atoms with Gasteiger partial charge in [-0.2, -0.15) is 0 Å². The third-order valence-corrected chi connectivity index (χ3v) is 11.1. The van der Waals surface area contributed by atoms with Crippen LogP contribution < -0.4 is 0 Å². The molecule has 4 heteroatoms. The highest BCUT2D eigenvalue weighted by Gasteiger charge is 2.18. The van der Waals surface area contributed by atoms with Gasteiger partial charge in [0.25, 0.3) is 0 Å². The van der Waals surface area contributed by atoms with Gasteiger partial charge in [0.2, 0.25) is 0 Å². The van der Waals surface area contributed by atoms with E-state index in [1.165, 1.54) is 31.3 Å². The molecule has 0 saturated carbocycles. The third kappa shape index (κ3) is 5.66. The van der Waals surface area contributed by atoms with Crippen LogP contribution in [-0.2, 0) is 0 Å². The molecule has 0 aliphatic heterocycles. The first-order chi connectivity index (χ1) is 26.3. The fourth-order valence-electron chi connectivity index (χ4n) is 7.39. The van der Waals surface area contributed by atoms with Crippen LogP contribution in [0.2, 0.25) is 0 Å². The van der Waals surface area contributed by atoms with Crippen LogP contribution in [-0.4, -0.2) is 15.0 Å². The van der Waals surface area contributed by atoms with Crippen molar-refractivity contribution in [2.75, 3.05) is 0 Å². The minimum Gasteiger partial charge on any atom is -0.208 e. The van der Waals surface area contributed by atoms with Crippen LogP contribution in [0.25, 0.3) is 98.5 Å². The smallest absolute Gasteiger partial charge is 0.164 e. The summed E-state index contributed by atoms with van der Waals surface area (Å²) in [7, 11) is 0. The maximum Gasteiger partial charge on any atom is 0.164 e. The summed E-state index contributed by atoms with van der Waals surface area (Å²) < 4.78 is 2.60. The Morgan fingerprint density at radius 2 is 0.755 bits per heavy atom. The van der Waals surface area contributed by atoms with Crippen LogP contribution >= 0.6 is 11.3 Å². The highest BCUT2D eigenvalue weighted by Crippen LogP contribution is 2.41. The monoisotopic (exact) mass is 693 g/mol. The quantitative estimate of drug-likeness (QED) is 0.174. The van der Waals surface area contributed by atoms with E-state index in [1.807, 2.05) is 29.5 Å². The van der Waals surface area contributed by atoms with Crippen molar-refractivity contribution in [1.82, 2.24) is 15.0 Å². The average Bonchev–Trinajstić information content (AvgIpc) is 3.62. The molecule has 8 aromatic carbocycles. The summed E-state index contributed by atoms with van der Waals surface area (Å²) in [5.74, 6) is 1.92. The van der Waals surface area contributed by atoms with Crippen molar-refractivity contribution in [3.63, 3.8) is 0 Å². The van der Waals surface area contributed by atoms with Crippen LogP contribution in [0.1, 0.15) is 0 Å². The van der Waals surface area contributed by atoms with E-state index in [9.17, 15) is 0 Å². The average molecular weight is 694 g/mol. The second kappa shape index (κ2) is 13.1. The lowest BCUT2D eigenvalue weighted by molar-refractivity contribution is 1.08. The molecule has 0 radical (unpaired) electrons. The molecule has 2 aromatic heterocycles. The van der Waals surface area contributed by atoms with E-state index in [-0.39, 0.29) is 0 Å². The minimum absolute atomic E-state index is 0.633. The van der Waals surface area contributed by atoms with E-state index in [1.54, 1.807) is 0 Å². The first kappa shape index (κ1) is 31.0. The number of benzene rings is 8. The molecule has 0 unspecified atom stereocenters. The summed E-state index contributed by atoms with van der Waals surface area (Å²) >= 11 is 1.85. The van der Waals surface area contributed by atoms with Crippen LogP contribution in [0.15, 0.2) is 188 Å². The molecule has 2 heterocycles. The number of aromatic nitrogens is 3. The zero-order valence-electron chi connectivity index (χ0n) is 28.6. The first-order valence-electron chi connectivity index (χ1n) is 17.8. The molecule has 0 saturated heterocycles. The molecule has 10 aromatic rings. The molecule has 0 atom stereocenters. The van der Waals surface area contributed by atoms with Crippen molar-refractivity contribution in [3.05, 3.63) is 188 Å². The van der Waals surface area contributed by atoms with Crippen molar-refractivity contribution >= 4 is 42.3 Å². The van der Waals surface area contributed by atoms with E-state index in [4.69, 9.17) is 15.0 Å². The van der Waals surface area contributed by atoms with Crippen molar-refractivity contribution in [3.8, 4) is 67.5 Å². The molecule has 0 amide bonds. The highest BCUT2D eigenvalue weighted by atomic mass is 32.1. The van der Waals surface area contributed by atoms with Crippen LogP contribution in [0.3, 0.4) is 0 Å². The fraction of sp³-hybridized carbons (Fsp3) is 0. The fourth-order valence-corrected chi connectivity index (χ4v) is 8.54. The van der Waals surface area contributed by atoms with Gasteiger partial charge in [-0.15, -0.1) is 11.3 Å². The summed E-state index contributed by atoms with van der Waals surface area (Å²) in [5.41, 5.74) is 9.82. The molecule has 10 rings (SSSR count). The second-order valence-electron chi connectivity index (χ2n) is 13.2. The minimum atomic E-state index is 0.633. The van der Waals surface area contributed by atoms with Gasteiger partial charge in [0, 0.05) is 36.9 Å². The Hall–Kier alpha value is -6.75. The summed E-state index contributed by atoms with van der Waals surface area (Å²) in [4.78, 5) is 15.5. The van der Waals surface area contributed by atoms with E-state index in [2.05, 4.69) is 170 Å². The molecular formula is C49H31N3S. The zero-order chi connectivity index (χ0) is 35.1. The number of nitrogens with zero attached hydrogens (tertiary/aromatic N) is 3. The summed E-state index contributed by atoms with van der Waals surface area (Å²) in [6.45, 7) is 0. The maximum atomic E-state index is 5.23.